The van der Waals surface area contributed by atoms with Gasteiger partial charge in [0.25, 0.3) is 0 Å². The van der Waals surface area contributed by atoms with Crippen LogP contribution in [0.4, 0.5) is 4.79 Å². The van der Waals surface area contributed by atoms with Crippen LogP contribution in [0, 0.1) is 11.8 Å². The van der Waals surface area contributed by atoms with Crippen LogP contribution in [0.5, 0.6) is 0 Å². The number of alkyl carbamates (subject to hydrolysis) is 1. The van der Waals surface area contributed by atoms with Crippen LogP contribution in [0.1, 0.15) is 36.8 Å². The number of carbonyl (C=O) groups is 3. The van der Waals surface area contributed by atoms with Gasteiger partial charge in [-0.2, -0.15) is 0 Å². The maximum Gasteiger partial charge on any atom is 0.407 e. The summed E-state index contributed by atoms with van der Waals surface area (Å²) in [5.74, 6) is -1.40. The number of hydrogen-bond acceptors (Lipinski definition) is 4. The van der Waals surface area contributed by atoms with Crippen molar-refractivity contribution in [2.45, 2.75) is 31.7 Å². The molecule has 1 saturated carbocycles. The average molecular weight is 422 g/mol. The summed E-state index contributed by atoms with van der Waals surface area (Å²) in [6, 6.07) is 15.9. The van der Waals surface area contributed by atoms with Crippen LogP contribution in [-0.4, -0.2) is 42.3 Å². The molecule has 0 heterocycles. The molecule has 2 aromatic rings. The Morgan fingerprint density at radius 2 is 1.68 bits per heavy atom. The molecule has 3 N–H and O–H groups in total. The Morgan fingerprint density at radius 3 is 2.26 bits per heavy atom. The Morgan fingerprint density at radius 1 is 1.06 bits per heavy atom. The Labute approximate surface area is 180 Å². The van der Waals surface area contributed by atoms with Crippen LogP contribution in [0.25, 0.3) is 11.1 Å². The van der Waals surface area contributed by atoms with Crippen molar-refractivity contribution in [2.24, 2.45) is 11.8 Å². The predicted molar refractivity (Wildman–Crippen MR) is 115 cm³/mol. The number of ether oxygens (including phenoxy) is 1. The Hall–Kier alpha value is -3.35. The molecule has 0 bridgehead atoms. The van der Waals surface area contributed by atoms with Crippen LogP contribution in [0.3, 0.4) is 0 Å². The van der Waals surface area contributed by atoms with Gasteiger partial charge in [0, 0.05) is 24.9 Å². The lowest BCUT2D eigenvalue weighted by Gasteiger charge is -2.17. The standard InChI is InChI=1S/C24H26N2O5/c1-14(10-22(27)25-12-15-11-20(15)23(28)29)26-24(30)31-13-21-18-8-4-2-6-16(18)17-7-3-5-9-19(17)21/h2-9,14-15,20-21H,10-13H2,1H3,(H,25,27)(H,26,30)(H,28,29)/t14-,15-,20-/m1/s1. The topological polar surface area (TPSA) is 105 Å². The first kappa shape index (κ1) is 20.9. The first-order valence-electron chi connectivity index (χ1n) is 10.5. The van der Waals surface area contributed by atoms with Gasteiger partial charge >= 0.3 is 12.1 Å². The molecule has 0 saturated heterocycles. The summed E-state index contributed by atoms with van der Waals surface area (Å²) in [5, 5.41) is 14.3. The zero-order valence-electron chi connectivity index (χ0n) is 17.3. The predicted octanol–water partition coefficient (Wildman–Crippen LogP) is 3.14. The molecule has 0 unspecified atom stereocenters. The van der Waals surface area contributed by atoms with E-state index in [2.05, 4.69) is 34.9 Å². The number of carboxylic acids is 1. The lowest BCUT2D eigenvalue weighted by atomic mass is 9.98. The Balaban J connectivity index is 1.24. The third-order valence-electron chi connectivity index (χ3n) is 6.00. The summed E-state index contributed by atoms with van der Waals surface area (Å²) in [7, 11) is 0. The molecule has 2 amide bonds. The van der Waals surface area contributed by atoms with Gasteiger partial charge in [-0.1, -0.05) is 48.5 Å². The van der Waals surface area contributed by atoms with Crippen LogP contribution in [0.2, 0.25) is 0 Å². The third kappa shape index (κ3) is 4.71. The summed E-state index contributed by atoms with van der Waals surface area (Å²) in [5.41, 5.74) is 4.61. The van der Waals surface area contributed by atoms with Crippen LogP contribution < -0.4 is 10.6 Å². The van der Waals surface area contributed by atoms with Crippen LogP contribution in [0.15, 0.2) is 48.5 Å². The molecular formula is C24H26N2O5. The van der Waals surface area contributed by atoms with Crippen molar-refractivity contribution < 1.29 is 24.2 Å². The highest BCUT2D eigenvalue weighted by Crippen LogP contribution is 2.44. The number of rotatable bonds is 8. The van der Waals surface area contributed by atoms with Crippen molar-refractivity contribution in [1.29, 1.82) is 0 Å². The minimum atomic E-state index is -0.815. The highest BCUT2D eigenvalue weighted by molar-refractivity contribution is 5.80. The molecule has 0 radical (unpaired) electrons. The van der Waals surface area contributed by atoms with E-state index in [1.54, 1.807) is 6.92 Å². The van der Waals surface area contributed by atoms with Gasteiger partial charge in [-0.3, -0.25) is 9.59 Å². The molecule has 1 fully saturated rings. The summed E-state index contributed by atoms with van der Waals surface area (Å²) in [6.45, 7) is 2.31. The average Bonchev–Trinajstić information content (AvgIpc) is 3.46. The lowest BCUT2D eigenvalue weighted by Crippen LogP contribution is -2.38. The molecule has 31 heavy (non-hydrogen) atoms. The van der Waals surface area contributed by atoms with Gasteiger partial charge in [-0.25, -0.2) is 4.79 Å². The second kappa shape index (κ2) is 8.79. The number of aliphatic carboxylic acids is 1. The number of amides is 2. The third-order valence-corrected chi connectivity index (χ3v) is 6.00. The van der Waals surface area contributed by atoms with E-state index in [-0.39, 0.29) is 36.7 Å². The monoisotopic (exact) mass is 422 g/mol. The molecule has 7 heteroatoms. The second-order valence-corrected chi connectivity index (χ2v) is 8.32. The van der Waals surface area contributed by atoms with Crippen molar-refractivity contribution in [3.63, 3.8) is 0 Å². The number of carboxylic acid groups (broad SMARTS) is 1. The van der Waals surface area contributed by atoms with E-state index in [4.69, 9.17) is 9.84 Å². The molecular weight excluding hydrogens is 396 g/mol. The summed E-state index contributed by atoms with van der Waals surface area (Å²) >= 11 is 0. The first-order chi connectivity index (χ1) is 14.9. The van der Waals surface area contributed by atoms with Crippen LogP contribution in [-0.2, 0) is 14.3 Å². The highest BCUT2D eigenvalue weighted by atomic mass is 16.5. The summed E-state index contributed by atoms with van der Waals surface area (Å²) in [4.78, 5) is 35.1. The van der Waals surface area contributed by atoms with Crippen LogP contribution >= 0.6 is 0 Å². The normalized spacial score (nSPS) is 19.6. The van der Waals surface area contributed by atoms with Gasteiger partial charge < -0.3 is 20.5 Å². The molecule has 2 aromatic carbocycles. The number of fused-ring (bicyclic) bond motifs is 3. The second-order valence-electron chi connectivity index (χ2n) is 8.32. The molecule has 4 rings (SSSR count). The lowest BCUT2D eigenvalue weighted by molar-refractivity contribution is -0.139. The van der Waals surface area contributed by atoms with Gasteiger partial charge in [0.2, 0.25) is 5.91 Å². The van der Waals surface area contributed by atoms with Gasteiger partial charge in [0.1, 0.15) is 6.61 Å². The Kier molecular flexibility index (Phi) is 5.93. The number of hydrogen-bond donors (Lipinski definition) is 3. The smallest absolute Gasteiger partial charge is 0.407 e. The summed E-state index contributed by atoms with van der Waals surface area (Å²) < 4.78 is 5.49. The zero-order chi connectivity index (χ0) is 22.0. The van der Waals surface area contributed by atoms with Crippen molar-refractivity contribution >= 4 is 18.0 Å². The van der Waals surface area contributed by atoms with E-state index in [1.165, 1.54) is 0 Å². The minimum absolute atomic E-state index is 0.00634. The fourth-order valence-electron chi connectivity index (χ4n) is 4.26. The van der Waals surface area contributed by atoms with E-state index < -0.39 is 18.1 Å². The number of benzene rings is 2. The van der Waals surface area contributed by atoms with Crippen molar-refractivity contribution in [1.82, 2.24) is 10.6 Å². The zero-order valence-corrected chi connectivity index (χ0v) is 17.3. The number of nitrogens with one attached hydrogen (secondary N) is 2. The van der Waals surface area contributed by atoms with Gasteiger partial charge in [0.05, 0.1) is 5.92 Å². The fourth-order valence-corrected chi connectivity index (χ4v) is 4.26. The highest BCUT2D eigenvalue weighted by Gasteiger charge is 2.43. The molecule has 0 aliphatic heterocycles. The van der Waals surface area contributed by atoms with E-state index in [9.17, 15) is 14.4 Å². The molecule has 3 atom stereocenters. The van der Waals surface area contributed by atoms with Gasteiger partial charge in [-0.15, -0.1) is 0 Å². The van der Waals surface area contributed by atoms with Crippen molar-refractivity contribution in [3.05, 3.63) is 59.7 Å². The maximum absolute atomic E-state index is 12.3. The van der Waals surface area contributed by atoms with E-state index in [1.807, 2.05) is 24.3 Å². The number of carbonyl (C=O) groups excluding carboxylic acids is 2. The first-order valence-corrected chi connectivity index (χ1v) is 10.5. The molecule has 162 valence electrons. The maximum atomic E-state index is 12.3. The SMILES string of the molecule is C[C@H](CC(=O)NC[C@H]1C[C@H]1C(=O)O)NC(=O)OCC1c2ccccc2-c2ccccc21. The minimum Gasteiger partial charge on any atom is -0.481 e. The molecule has 2 aliphatic rings. The molecule has 0 aromatic heterocycles. The molecule has 7 nitrogen and oxygen atoms in total. The van der Waals surface area contributed by atoms with Gasteiger partial charge in [0.15, 0.2) is 0 Å². The van der Waals surface area contributed by atoms with E-state index >= 15 is 0 Å². The van der Waals surface area contributed by atoms with E-state index in [0.717, 1.165) is 22.3 Å². The molecule has 2 aliphatic carbocycles. The fraction of sp³-hybridized carbons (Fsp3) is 0.375. The van der Waals surface area contributed by atoms with Gasteiger partial charge in [-0.05, 0) is 41.5 Å². The summed E-state index contributed by atoms with van der Waals surface area (Å²) in [6.07, 6.45) is 0.146. The van der Waals surface area contributed by atoms with E-state index in [0.29, 0.717) is 13.0 Å². The van der Waals surface area contributed by atoms with Crippen molar-refractivity contribution in [3.8, 4) is 11.1 Å². The largest absolute Gasteiger partial charge is 0.481 e. The quantitative estimate of drug-likeness (QED) is 0.606. The van der Waals surface area contributed by atoms with Crippen molar-refractivity contribution in [2.75, 3.05) is 13.2 Å². The Bertz CT molecular complexity index is 959. The molecule has 0 spiro atoms.